The van der Waals surface area contributed by atoms with Gasteiger partial charge in [0.2, 0.25) is 10.0 Å². The zero-order valence-electron chi connectivity index (χ0n) is 11.3. The van der Waals surface area contributed by atoms with Crippen molar-refractivity contribution in [3.05, 3.63) is 29.6 Å². The lowest BCUT2D eigenvalue weighted by Gasteiger charge is -2.14. The second kappa shape index (κ2) is 7.15. The first-order chi connectivity index (χ1) is 9.77. The van der Waals surface area contributed by atoms with E-state index in [1.54, 1.807) is 6.92 Å². The van der Waals surface area contributed by atoms with Crippen LogP contribution in [0.25, 0.3) is 0 Å². The topological polar surface area (TPSA) is 107 Å². The molecule has 1 rings (SSSR count). The first-order valence-corrected chi connectivity index (χ1v) is 7.69. The van der Waals surface area contributed by atoms with Crippen molar-refractivity contribution in [2.24, 2.45) is 0 Å². The highest BCUT2D eigenvalue weighted by Crippen LogP contribution is 2.18. The first-order valence-electron chi connectivity index (χ1n) is 6.20. The number of aliphatic carboxylic acids is 1. The number of hydrogen-bond donors (Lipinski definition) is 2. The molecule has 0 spiro atoms. The third-order valence-corrected chi connectivity index (χ3v) is 4.39. The van der Waals surface area contributed by atoms with Gasteiger partial charge in [-0.3, -0.25) is 4.79 Å². The standard InChI is InChI=1S/C13H15FN2O4S/c1-9(4-2-7-13(17)18)16-21(19,20)12-6-3-5-11(14)10(12)8-15/h3,5-6,9,16H,2,4,7H2,1H3,(H,17,18). The van der Waals surface area contributed by atoms with Crippen molar-refractivity contribution < 1.29 is 22.7 Å². The molecule has 0 heterocycles. The number of hydrogen-bond acceptors (Lipinski definition) is 4. The number of nitriles is 1. The molecule has 2 N–H and O–H groups in total. The third kappa shape index (κ3) is 4.81. The maximum absolute atomic E-state index is 13.4. The molecule has 0 amide bonds. The largest absolute Gasteiger partial charge is 0.481 e. The van der Waals surface area contributed by atoms with Crippen molar-refractivity contribution in [3.8, 4) is 6.07 Å². The molecule has 0 radical (unpaired) electrons. The highest BCUT2D eigenvalue weighted by atomic mass is 32.2. The van der Waals surface area contributed by atoms with E-state index < -0.39 is 38.3 Å². The molecule has 0 aromatic heterocycles. The number of carboxylic acid groups (broad SMARTS) is 1. The van der Waals surface area contributed by atoms with Gasteiger partial charge in [0.05, 0.1) is 0 Å². The minimum absolute atomic E-state index is 0.0600. The Morgan fingerprint density at radius 2 is 2.19 bits per heavy atom. The minimum atomic E-state index is -4.04. The molecule has 0 fully saturated rings. The minimum Gasteiger partial charge on any atom is -0.481 e. The van der Waals surface area contributed by atoms with Crippen LogP contribution < -0.4 is 4.72 Å². The van der Waals surface area contributed by atoms with Crippen LogP contribution >= 0.6 is 0 Å². The van der Waals surface area contributed by atoms with Gasteiger partial charge < -0.3 is 5.11 Å². The smallest absolute Gasteiger partial charge is 0.303 e. The lowest BCUT2D eigenvalue weighted by molar-refractivity contribution is -0.137. The molecule has 1 atom stereocenters. The summed E-state index contributed by atoms with van der Waals surface area (Å²) in [6, 6.07) is 4.37. The van der Waals surface area contributed by atoms with E-state index in [0.29, 0.717) is 12.8 Å². The Hall–Kier alpha value is -1.98. The Kier molecular flexibility index (Phi) is 5.81. The number of sulfonamides is 1. The van der Waals surface area contributed by atoms with Crippen LogP contribution in [-0.4, -0.2) is 25.5 Å². The predicted molar refractivity (Wildman–Crippen MR) is 72.4 cm³/mol. The van der Waals surface area contributed by atoms with Crippen molar-refractivity contribution in [1.82, 2.24) is 4.72 Å². The Labute approximate surface area is 122 Å². The number of nitrogens with one attached hydrogen (secondary N) is 1. The van der Waals surface area contributed by atoms with Crippen molar-refractivity contribution in [3.63, 3.8) is 0 Å². The second-order valence-corrected chi connectivity index (χ2v) is 6.22. The number of benzene rings is 1. The molecule has 0 saturated heterocycles. The summed E-state index contributed by atoms with van der Waals surface area (Å²) < 4.78 is 40.0. The van der Waals surface area contributed by atoms with Crippen molar-refractivity contribution in [1.29, 1.82) is 5.26 Å². The number of carboxylic acids is 1. The molecule has 6 nitrogen and oxygen atoms in total. The molecule has 21 heavy (non-hydrogen) atoms. The monoisotopic (exact) mass is 314 g/mol. The lowest BCUT2D eigenvalue weighted by Crippen LogP contribution is -2.33. The summed E-state index contributed by atoms with van der Waals surface area (Å²) in [6.45, 7) is 1.57. The van der Waals surface area contributed by atoms with E-state index in [1.165, 1.54) is 12.1 Å². The van der Waals surface area contributed by atoms with Crippen molar-refractivity contribution in [2.45, 2.75) is 37.1 Å². The summed E-state index contributed by atoms with van der Waals surface area (Å²) in [5.41, 5.74) is -0.539. The van der Waals surface area contributed by atoms with Gasteiger partial charge >= 0.3 is 5.97 Å². The van der Waals surface area contributed by atoms with Gasteiger partial charge in [0.25, 0.3) is 0 Å². The van der Waals surface area contributed by atoms with E-state index in [9.17, 15) is 17.6 Å². The average molecular weight is 314 g/mol. The van der Waals surface area contributed by atoms with Crippen LogP contribution in [-0.2, 0) is 14.8 Å². The summed E-state index contributed by atoms with van der Waals surface area (Å²) in [6.07, 6.45) is 0.575. The predicted octanol–water partition coefficient (Wildman–Crippen LogP) is 1.62. The number of carbonyl (C=O) groups is 1. The Balaban J connectivity index is 2.85. The quantitative estimate of drug-likeness (QED) is 0.795. The van der Waals surface area contributed by atoms with Crippen LogP contribution in [0.4, 0.5) is 4.39 Å². The SMILES string of the molecule is CC(CCCC(=O)O)NS(=O)(=O)c1cccc(F)c1C#N. The second-order valence-electron chi connectivity index (χ2n) is 4.53. The van der Waals surface area contributed by atoms with Gasteiger partial charge in [-0.15, -0.1) is 0 Å². The highest BCUT2D eigenvalue weighted by Gasteiger charge is 2.22. The van der Waals surface area contributed by atoms with Crippen LogP contribution in [0.2, 0.25) is 0 Å². The van der Waals surface area contributed by atoms with Crippen molar-refractivity contribution >= 4 is 16.0 Å². The highest BCUT2D eigenvalue weighted by molar-refractivity contribution is 7.89. The van der Waals surface area contributed by atoms with Crippen LogP contribution in [0.3, 0.4) is 0 Å². The molecule has 8 heteroatoms. The van der Waals surface area contributed by atoms with Gasteiger partial charge in [-0.25, -0.2) is 17.5 Å². The third-order valence-electron chi connectivity index (χ3n) is 2.76. The van der Waals surface area contributed by atoms with Crippen LogP contribution in [0.15, 0.2) is 23.1 Å². The van der Waals surface area contributed by atoms with Gasteiger partial charge in [-0.1, -0.05) is 6.07 Å². The Morgan fingerprint density at radius 3 is 2.76 bits per heavy atom. The van der Waals surface area contributed by atoms with Gasteiger partial charge in [-0.2, -0.15) is 5.26 Å². The van der Waals surface area contributed by atoms with Crippen LogP contribution in [0, 0.1) is 17.1 Å². The molecular formula is C13H15FN2O4S. The summed E-state index contributed by atoms with van der Waals surface area (Å²) in [5.74, 6) is -1.86. The Morgan fingerprint density at radius 1 is 1.52 bits per heavy atom. The van der Waals surface area contributed by atoms with Gasteiger partial charge in [0.15, 0.2) is 0 Å². The zero-order valence-corrected chi connectivity index (χ0v) is 12.2. The molecule has 0 saturated carbocycles. The molecular weight excluding hydrogens is 299 g/mol. The number of nitrogens with zero attached hydrogens (tertiary/aromatic N) is 1. The van der Waals surface area contributed by atoms with Crippen LogP contribution in [0.5, 0.6) is 0 Å². The zero-order chi connectivity index (χ0) is 16.0. The summed E-state index contributed by atoms with van der Waals surface area (Å²) in [4.78, 5) is 9.97. The van der Waals surface area contributed by atoms with E-state index >= 15 is 0 Å². The molecule has 0 aliphatic heterocycles. The molecule has 1 aromatic rings. The van der Waals surface area contributed by atoms with Gasteiger partial charge in [-0.05, 0) is 31.9 Å². The van der Waals surface area contributed by atoms with E-state index in [-0.39, 0.29) is 6.42 Å². The molecule has 1 unspecified atom stereocenters. The van der Waals surface area contributed by atoms with Crippen molar-refractivity contribution in [2.75, 3.05) is 0 Å². The van der Waals surface area contributed by atoms with E-state index in [2.05, 4.69) is 4.72 Å². The first kappa shape index (κ1) is 17.1. The summed E-state index contributed by atoms with van der Waals surface area (Å²) >= 11 is 0. The van der Waals surface area contributed by atoms with E-state index in [1.807, 2.05) is 0 Å². The fourth-order valence-electron chi connectivity index (χ4n) is 1.78. The molecule has 1 aromatic carbocycles. The Bertz CT molecular complexity index is 667. The summed E-state index contributed by atoms with van der Waals surface area (Å²) in [5, 5.41) is 17.4. The number of rotatable bonds is 7. The molecule has 0 aliphatic carbocycles. The fraction of sp³-hybridized carbons (Fsp3) is 0.385. The molecule has 0 aliphatic rings. The fourth-order valence-corrected chi connectivity index (χ4v) is 3.23. The normalized spacial score (nSPS) is 12.6. The maximum Gasteiger partial charge on any atom is 0.303 e. The van der Waals surface area contributed by atoms with E-state index in [0.717, 1.165) is 12.1 Å². The van der Waals surface area contributed by atoms with Gasteiger partial charge in [0.1, 0.15) is 22.3 Å². The average Bonchev–Trinajstić information content (AvgIpc) is 2.37. The molecule has 114 valence electrons. The number of halogens is 1. The van der Waals surface area contributed by atoms with E-state index in [4.69, 9.17) is 10.4 Å². The maximum atomic E-state index is 13.4. The summed E-state index contributed by atoms with van der Waals surface area (Å²) in [7, 11) is -4.04. The van der Waals surface area contributed by atoms with Gasteiger partial charge in [0, 0.05) is 12.5 Å². The molecule has 0 bridgehead atoms. The van der Waals surface area contributed by atoms with Crippen LogP contribution in [0.1, 0.15) is 31.7 Å². The lowest BCUT2D eigenvalue weighted by atomic mass is 10.1.